The van der Waals surface area contributed by atoms with Crippen LogP contribution in [0, 0.1) is 5.92 Å². The van der Waals surface area contributed by atoms with E-state index in [1.165, 1.54) is 12.8 Å². The minimum atomic E-state index is 0.572. The van der Waals surface area contributed by atoms with Crippen LogP contribution in [0.4, 0.5) is 5.95 Å². The average Bonchev–Trinajstić information content (AvgIpc) is 2.27. The molecule has 84 valence electrons. The van der Waals surface area contributed by atoms with Gasteiger partial charge in [-0.25, -0.2) is 4.98 Å². The van der Waals surface area contributed by atoms with Crippen LogP contribution < -0.4 is 10.1 Å². The summed E-state index contributed by atoms with van der Waals surface area (Å²) in [5.74, 6) is 1.80. The van der Waals surface area contributed by atoms with Crippen molar-refractivity contribution in [2.45, 2.75) is 26.7 Å². The minimum absolute atomic E-state index is 0.572. The third-order valence-electron chi connectivity index (χ3n) is 2.15. The Hall–Kier alpha value is -1.32. The summed E-state index contributed by atoms with van der Waals surface area (Å²) in [7, 11) is 1.79. The van der Waals surface area contributed by atoms with Crippen LogP contribution >= 0.6 is 0 Å². The third-order valence-corrected chi connectivity index (χ3v) is 2.15. The minimum Gasteiger partial charge on any atom is -0.477 e. The molecule has 0 aliphatic carbocycles. The highest BCUT2D eigenvalue weighted by atomic mass is 16.5. The molecule has 1 N–H and O–H groups in total. The van der Waals surface area contributed by atoms with Crippen LogP contribution in [0.2, 0.25) is 0 Å². The molecule has 0 amide bonds. The van der Waals surface area contributed by atoms with Gasteiger partial charge >= 0.3 is 0 Å². The van der Waals surface area contributed by atoms with Gasteiger partial charge in [0.1, 0.15) is 0 Å². The van der Waals surface area contributed by atoms with E-state index in [1.54, 1.807) is 19.3 Å². The Labute approximate surface area is 91.1 Å². The van der Waals surface area contributed by atoms with Crippen molar-refractivity contribution in [1.82, 2.24) is 9.97 Å². The number of hydrogen-bond acceptors (Lipinski definition) is 4. The molecule has 1 atom stereocenters. The summed E-state index contributed by atoms with van der Waals surface area (Å²) >= 11 is 0. The van der Waals surface area contributed by atoms with Gasteiger partial charge < -0.3 is 10.1 Å². The summed E-state index contributed by atoms with van der Waals surface area (Å²) in [5.41, 5.74) is 0. The first-order chi connectivity index (χ1) is 7.26. The Morgan fingerprint density at radius 1 is 1.53 bits per heavy atom. The van der Waals surface area contributed by atoms with Gasteiger partial charge in [0.2, 0.25) is 11.8 Å². The van der Waals surface area contributed by atoms with Crippen LogP contribution in [-0.4, -0.2) is 23.6 Å². The molecular formula is C11H19N3O. The summed E-state index contributed by atoms with van der Waals surface area (Å²) in [4.78, 5) is 8.20. The van der Waals surface area contributed by atoms with Crippen LogP contribution in [0.15, 0.2) is 12.3 Å². The number of nitrogens with zero attached hydrogens (tertiary/aromatic N) is 2. The maximum Gasteiger partial charge on any atom is 0.225 e. The van der Waals surface area contributed by atoms with Crippen molar-refractivity contribution in [3.05, 3.63) is 12.3 Å². The summed E-state index contributed by atoms with van der Waals surface area (Å²) in [5, 5.41) is 2.88. The number of nitrogens with one attached hydrogen (secondary N) is 1. The topological polar surface area (TPSA) is 47.0 Å². The van der Waals surface area contributed by atoms with Crippen molar-refractivity contribution in [2.24, 2.45) is 5.92 Å². The number of hydrogen-bond donors (Lipinski definition) is 1. The Balaban J connectivity index is 2.43. The molecule has 15 heavy (non-hydrogen) atoms. The van der Waals surface area contributed by atoms with E-state index in [2.05, 4.69) is 29.1 Å². The summed E-state index contributed by atoms with van der Waals surface area (Å²) in [6.45, 7) is 5.08. The molecule has 1 aromatic rings. The van der Waals surface area contributed by atoms with Crippen LogP contribution in [0.25, 0.3) is 0 Å². The van der Waals surface area contributed by atoms with Crippen molar-refractivity contribution in [3.63, 3.8) is 0 Å². The molecule has 1 rings (SSSR count). The van der Waals surface area contributed by atoms with Gasteiger partial charge in [0.05, 0.1) is 6.61 Å². The van der Waals surface area contributed by atoms with Crippen molar-refractivity contribution < 1.29 is 4.74 Å². The monoisotopic (exact) mass is 209 g/mol. The maximum absolute atomic E-state index is 5.57. The van der Waals surface area contributed by atoms with E-state index in [0.29, 0.717) is 24.4 Å². The number of anilines is 1. The van der Waals surface area contributed by atoms with E-state index in [9.17, 15) is 0 Å². The lowest BCUT2D eigenvalue weighted by molar-refractivity contribution is 0.243. The molecule has 1 aromatic heterocycles. The maximum atomic E-state index is 5.57. The Morgan fingerprint density at radius 2 is 2.33 bits per heavy atom. The third kappa shape index (κ3) is 4.14. The highest BCUT2D eigenvalue weighted by Gasteiger charge is 2.03. The van der Waals surface area contributed by atoms with Crippen molar-refractivity contribution >= 4 is 5.95 Å². The van der Waals surface area contributed by atoms with E-state index in [-0.39, 0.29) is 0 Å². The van der Waals surface area contributed by atoms with Gasteiger partial charge in [-0.2, -0.15) is 4.98 Å². The van der Waals surface area contributed by atoms with Crippen LogP contribution in [-0.2, 0) is 0 Å². The van der Waals surface area contributed by atoms with Crippen LogP contribution in [0.5, 0.6) is 5.88 Å². The molecule has 0 aliphatic rings. The van der Waals surface area contributed by atoms with Gasteiger partial charge in [-0.05, 0) is 12.3 Å². The Bertz CT molecular complexity index is 291. The summed E-state index contributed by atoms with van der Waals surface area (Å²) < 4.78 is 5.57. The number of aromatic nitrogens is 2. The molecule has 0 aliphatic heterocycles. The standard InChI is InChI=1S/C11H19N3O/c1-4-5-9(2)8-15-10-6-7-13-11(12-3)14-10/h6-7,9H,4-5,8H2,1-3H3,(H,12,13,14). The fourth-order valence-electron chi connectivity index (χ4n) is 1.35. The van der Waals surface area contributed by atoms with E-state index in [1.807, 2.05) is 0 Å². The second-order valence-electron chi connectivity index (χ2n) is 3.67. The van der Waals surface area contributed by atoms with Gasteiger partial charge in [0.15, 0.2) is 0 Å². The second-order valence-corrected chi connectivity index (χ2v) is 3.67. The molecule has 0 aromatic carbocycles. The van der Waals surface area contributed by atoms with Gasteiger partial charge in [-0.3, -0.25) is 0 Å². The molecule has 0 fully saturated rings. The predicted octanol–water partition coefficient (Wildman–Crippen LogP) is 2.33. The van der Waals surface area contributed by atoms with Gasteiger partial charge in [0.25, 0.3) is 0 Å². The van der Waals surface area contributed by atoms with Crippen LogP contribution in [0.1, 0.15) is 26.7 Å². The first-order valence-electron chi connectivity index (χ1n) is 5.39. The number of rotatable bonds is 6. The van der Waals surface area contributed by atoms with Crippen LogP contribution in [0.3, 0.4) is 0 Å². The first-order valence-corrected chi connectivity index (χ1v) is 5.39. The largest absolute Gasteiger partial charge is 0.477 e. The van der Waals surface area contributed by atoms with Crippen molar-refractivity contribution in [3.8, 4) is 5.88 Å². The molecule has 4 heteroatoms. The van der Waals surface area contributed by atoms with Gasteiger partial charge in [-0.15, -0.1) is 0 Å². The number of ether oxygens (including phenoxy) is 1. The summed E-state index contributed by atoms with van der Waals surface area (Å²) in [6.07, 6.45) is 4.07. The fourth-order valence-corrected chi connectivity index (χ4v) is 1.35. The van der Waals surface area contributed by atoms with Gasteiger partial charge in [0, 0.05) is 19.3 Å². The lowest BCUT2D eigenvalue weighted by Crippen LogP contribution is -2.09. The molecule has 0 bridgehead atoms. The van der Waals surface area contributed by atoms with E-state index in [4.69, 9.17) is 4.74 Å². The average molecular weight is 209 g/mol. The fraction of sp³-hybridized carbons (Fsp3) is 0.636. The summed E-state index contributed by atoms with van der Waals surface area (Å²) in [6, 6.07) is 1.78. The molecule has 0 saturated heterocycles. The first kappa shape index (κ1) is 11.8. The molecule has 0 spiro atoms. The van der Waals surface area contributed by atoms with Gasteiger partial charge in [-0.1, -0.05) is 20.3 Å². The predicted molar refractivity (Wildman–Crippen MR) is 61.1 cm³/mol. The molecule has 0 saturated carbocycles. The molecule has 4 nitrogen and oxygen atoms in total. The van der Waals surface area contributed by atoms with E-state index >= 15 is 0 Å². The van der Waals surface area contributed by atoms with Crippen molar-refractivity contribution in [2.75, 3.05) is 19.0 Å². The molecule has 0 radical (unpaired) electrons. The highest BCUT2D eigenvalue weighted by Crippen LogP contribution is 2.11. The molecule has 1 heterocycles. The van der Waals surface area contributed by atoms with Crippen molar-refractivity contribution in [1.29, 1.82) is 0 Å². The Kier molecular flexibility index (Phi) is 4.87. The zero-order valence-corrected chi connectivity index (χ0v) is 9.66. The molecule has 1 unspecified atom stereocenters. The SMILES string of the molecule is CCCC(C)COc1ccnc(NC)n1. The smallest absolute Gasteiger partial charge is 0.225 e. The highest BCUT2D eigenvalue weighted by molar-refractivity contribution is 5.25. The van der Waals surface area contributed by atoms with E-state index < -0.39 is 0 Å². The second kappa shape index (κ2) is 6.22. The lowest BCUT2D eigenvalue weighted by Gasteiger charge is -2.11. The molecular weight excluding hydrogens is 190 g/mol. The zero-order chi connectivity index (χ0) is 11.1. The van der Waals surface area contributed by atoms with E-state index in [0.717, 1.165) is 0 Å². The normalized spacial score (nSPS) is 12.2. The lowest BCUT2D eigenvalue weighted by atomic mass is 10.1. The zero-order valence-electron chi connectivity index (χ0n) is 9.66. The Morgan fingerprint density at radius 3 is 3.00 bits per heavy atom. The quantitative estimate of drug-likeness (QED) is 0.781.